The number of carbonyl (C=O) groups is 1. The second-order valence-corrected chi connectivity index (χ2v) is 7.46. The predicted molar refractivity (Wildman–Crippen MR) is 99.8 cm³/mol. The van der Waals surface area contributed by atoms with E-state index < -0.39 is 5.97 Å². The molecule has 3 rings (SSSR count). The Kier molecular flexibility index (Phi) is 5.17. The third-order valence-electron chi connectivity index (χ3n) is 4.40. The molecule has 0 bridgehead atoms. The molecule has 3 nitrogen and oxygen atoms in total. The lowest BCUT2D eigenvalue weighted by Crippen LogP contribution is -2.12. The van der Waals surface area contributed by atoms with E-state index in [4.69, 9.17) is 5.11 Å². The van der Waals surface area contributed by atoms with Crippen molar-refractivity contribution >= 4 is 22.9 Å². The number of hydrogen-bond acceptors (Lipinski definition) is 3. The molecule has 24 heavy (non-hydrogen) atoms. The Balaban J connectivity index is 2.04. The van der Waals surface area contributed by atoms with E-state index in [0.29, 0.717) is 0 Å². The van der Waals surface area contributed by atoms with E-state index in [0.717, 1.165) is 31.4 Å². The van der Waals surface area contributed by atoms with E-state index in [1.165, 1.54) is 27.1 Å². The number of benzene rings is 1. The minimum atomic E-state index is -0.779. The fraction of sp³-hybridized carbons (Fsp3) is 0.350. The number of aliphatic carboxylic acids is 1. The van der Waals surface area contributed by atoms with Crippen molar-refractivity contribution in [3.8, 4) is 0 Å². The number of rotatable bonds is 5. The largest absolute Gasteiger partial charge is 0.481 e. The van der Waals surface area contributed by atoms with Crippen molar-refractivity contribution in [1.29, 1.82) is 0 Å². The first kappa shape index (κ1) is 16.9. The van der Waals surface area contributed by atoms with Crippen molar-refractivity contribution < 1.29 is 9.90 Å². The molecular weight excluding hydrogens is 318 g/mol. The molecule has 0 fully saturated rings. The van der Waals surface area contributed by atoms with Crippen LogP contribution in [0.2, 0.25) is 0 Å². The van der Waals surface area contributed by atoms with Gasteiger partial charge in [-0.05, 0) is 72.6 Å². The van der Waals surface area contributed by atoms with Gasteiger partial charge >= 0.3 is 5.97 Å². The molecular formula is C20H23NO2S. The summed E-state index contributed by atoms with van der Waals surface area (Å²) in [4.78, 5) is 14.6. The fourth-order valence-electron chi connectivity index (χ4n) is 3.21. The van der Waals surface area contributed by atoms with Crippen LogP contribution in [0.4, 0.5) is 0 Å². The molecule has 2 aromatic rings. The highest BCUT2D eigenvalue weighted by molar-refractivity contribution is 7.11. The third-order valence-corrected chi connectivity index (χ3v) is 5.39. The number of carboxylic acids is 1. The lowest BCUT2D eigenvalue weighted by atomic mass is 9.95. The van der Waals surface area contributed by atoms with E-state index >= 15 is 0 Å². The zero-order chi connectivity index (χ0) is 17.1. The monoisotopic (exact) mass is 341 g/mol. The molecule has 1 heterocycles. The first-order valence-electron chi connectivity index (χ1n) is 8.30. The first-order chi connectivity index (χ1) is 11.5. The molecule has 0 aliphatic heterocycles. The summed E-state index contributed by atoms with van der Waals surface area (Å²) in [7, 11) is 4.17. The van der Waals surface area contributed by atoms with Crippen LogP contribution in [-0.4, -0.2) is 36.6 Å². The lowest BCUT2D eigenvalue weighted by Gasteiger charge is -2.13. The van der Waals surface area contributed by atoms with Crippen molar-refractivity contribution in [2.24, 2.45) is 0 Å². The van der Waals surface area contributed by atoms with Crippen LogP contribution in [0.3, 0.4) is 0 Å². The van der Waals surface area contributed by atoms with Crippen LogP contribution in [0.1, 0.15) is 33.6 Å². The fourth-order valence-corrected chi connectivity index (χ4v) is 4.22. The maximum atomic E-state index is 11.1. The second kappa shape index (κ2) is 7.32. The normalized spacial score (nSPS) is 15.2. The van der Waals surface area contributed by atoms with Gasteiger partial charge in [0.2, 0.25) is 0 Å². The van der Waals surface area contributed by atoms with Crippen LogP contribution in [0.5, 0.6) is 0 Å². The highest BCUT2D eigenvalue weighted by Crippen LogP contribution is 2.37. The number of nitrogens with zero attached hydrogens (tertiary/aromatic N) is 1. The van der Waals surface area contributed by atoms with E-state index in [9.17, 15) is 4.79 Å². The molecule has 0 radical (unpaired) electrons. The minimum Gasteiger partial charge on any atom is -0.481 e. The maximum Gasteiger partial charge on any atom is 0.307 e. The van der Waals surface area contributed by atoms with E-state index in [1.807, 2.05) is 6.07 Å². The van der Waals surface area contributed by atoms with E-state index in [-0.39, 0.29) is 6.42 Å². The first-order valence-corrected chi connectivity index (χ1v) is 9.18. The molecule has 126 valence electrons. The Hall–Kier alpha value is -1.91. The van der Waals surface area contributed by atoms with Gasteiger partial charge in [0.15, 0.2) is 0 Å². The van der Waals surface area contributed by atoms with Gasteiger partial charge in [0, 0.05) is 11.4 Å². The summed E-state index contributed by atoms with van der Waals surface area (Å²) in [5, 5.41) is 11.3. The summed E-state index contributed by atoms with van der Waals surface area (Å²) in [6.45, 7) is 1.01. The number of aryl methyl sites for hydroxylation is 2. The van der Waals surface area contributed by atoms with Gasteiger partial charge in [-0.3, -0.25) is 4.79 Å². The Bertz CT molecular complexity index is 774. The lowest BCUT2D eigenvalue weighted by molar-refractivity contribution is -0.136. The van der Waals surface area contributed by atoms with Gasteiger partial charge in [0.25, 0.3) is 0 Å². The van der Waals surface area contributed by atoms with Gasteiger partial charge in [-0.1, -0.05) is 24.3 Å². The van der Waals surface area contributed by atoms with Gasteiger partial charge in [0.1, 0.15) is 0 Å². The summed E-state index contributed by atoms with van der Waals surface area (Å²) < 4.78 is 0. The second-order valence-electron chi connectivity index (χ2n) is 6.55. The standard InChI is InChI=1S/C20H23NO2S/c1-21(2)10-3-4-17-18-12-14(13-19(22)23)5-6-15(18)7-8-16-9-11-24-20(16)17/h4-6,9,11-12H,3,7-8,10,13H2,1-2H3,(H,22,23). The maximum absolute atomic E-state index is 11.1. The Morgan fingerprint density at radius 1 is 1.25 bits per heavy atom. The predicted octanol–water partition coefficient (Wildman–Crippen LogP) is 3.86. The quantitative estimate of drug-likeness (QED) is 0.898. The summed E-state index contributed by atoms with van der Waals surface area (Å²) in [5.41, 5.74) is 6.10. The van der Waals surface area contributed by atoms with Gasteiger partial charge in [-0.25, -0.2) is 0 Å². The molecule has 0 unspecified atom stereocenters. The molecule has 1 N–H and O–H groups in total. The highest BCUT2D eigenvalue weighted by atomic mass is 32.1. The molecule has 4 heteroatoms. The van der Waals surface area contributed by atoms with Crippen LogP contribution in [-0.2, 0) is 24.1 Å². The smallest absolute Gasteiger partial charge is 0.307 e. The van der Waals surface area contributed by atoms with Crippen molar-refractivity contribution in [2.45, 2.75) is 25.7 Å². The minimum absolute atomic E-state index is 0.0789. The van der Waals surface area contributed by atoms with Crippen LogP contribution in [0, 0.1) is 0 Å². The SMILES string of the molecule is CN(C)CCC=C1c2cc(CC(=O)O)ccc2CCc2ccsc21. The van der Waals surface area contributed by atoms with Crippen molar-refractivity contribution in [3.63, 3.8) is 0 Å². The van der Waals surface area contributed by atoms with Crippen LogP contribution in [0.25, 0.3) is 5.57 Å². The van der Waals surface area contributed by atoms with Crippen LogP contribution >= 0.6 is 11.3 Å². The Labute approximate surface area is 147 Å². The summed E-state index contributed by atoms with van der Waals surface area (Å²) >= 11 is 1.79. The summed E-state index contributed by atoms with van der Waals surface area (Å²) in [6.07, 6.45) is 5.45. The molecule has 1 aliphatic carbocycles. The topological polar surface area (TPSA) is 40.5 Å². The van der Waals surface area contributed by atoms with Crippen LogP contribution < -0.4 is 0 Å². The Morgan fingerprint density at radius 2 is 2.04 bits per heavy atom. The summed E-state index contributed by atoms with van der Waals surface area (Å²) in [6, 6.07) is 8.39. The Morgan fingerprint density at radius 3 is 2.79 bits per heavy atom. The molecule has 0 atom stereocenters. The van der Waals surface area contributed by atoms with Crippen molar-refractivity contribution in [2.75, 3.05) is 20.6 Å². The third kappa shape index (κ3) is 3.77. The molecule has 1 aromatic carbocycles. The zero-order valence-electron chi connectivity index (χ0n) is 14.2. The number of carboxylic acid groups (broad SMARTS) is 1. The molecule has 0 amide bonds. The highest BCUT2D eigenvalue weighted by Gasteiger charge is 2.19. The molecule has 0 saturated heterocycles. The molecule has 1 aromatic heterocycles. The molecule has 1 aliphatic rings. The average Bonchev–Trinajstić information content (AvgIpc) is 2.92. The van der Waals surface area contributed by atoms with Crippen molar-refractivity contribution in [1.82, 2.24) is 4.90 Å². The average molecular weight is 341 g/mol. The van der Waals surface area contributed by atoms with Gasteiger partial charge in [0.05, 0.1) is 6.42 Å². The van der Waals surface area contributed by atoms with E-state index in [1.54, 1.807) is 11.3 Å². The molecule has 0 saturated carbocycles. The van der Waals surface area contributed by atoms with E-state index in [2.05, 4.69) is 48.7 Å². The molecule has 0 spiro atoms. The number of fused-ring (bicyclic) bond motifs is 2. The summed E-state index contributed by atoms with van der Waals surface area (Å²) in [5.74, 6) is -0.779. The van der Waals surface area contributed by atoms with Crippen LogP contribution in [0.15, 0.2) is 35.7 Å². The van der Waals surface area contributed by atoms with Gasteiger partial charge in [-0.15, -0.1) is 11.3 Å². The van der Waals surface area contributed by atoms with Crippen molar-refractivity contribution in [3.05, 3.63) is 62.9 Å². The van der Waals surface area contributed by atoms with Gasteiger partial charge in [-0.2, -0.15) is 0 Å². The number of thiophene rings is 1. The van der Waals surface area contributed by atoms with Gasteiger partial charge < -0.3 is 10.0 Å². The zero-order valence-corrected chi connectivity index (χ0v) is 15.0. The number of hydrogen-bond donors (Lipinski definition) is 1.